The van der Waals surface area contributed by atoms with Crippen LogP contribution in [0.15, 0.2) is 16.8 Å². The lowest BCUT2D eigenvalue weighted by Gasteiger charge is -1.78. The molecule has 0 fully saturated rings. The molecular formula is C6H5NO3S. The lowest BCUT2D eigenvalue weighted by molar-refractivity contribution is 0.0697. The van der Waals surface area contributed by atoms with Crippen LogP contribution in [-0.2, 0) is 4.79 Å². The summed E-state index contributed by atoms with van der Waals surface area (Å²) >= 11 is 1.39. The molecule has 11 heavy (non-hydrogen) atoms. The minimum Gasteiger partial charge on any atom is -0.478 e. The van der Waals surface area contributed by atoms with Gasteiger partial charge < -0.3 is 5.11 Å². The molecule has 1 aromatic rings. The molecule has 0 radical (unpaired) electrons. The van der Waals surface area contributed by atoms with Gasteiger partial charge in [0.25, 0.3) is 0 Å². The van der Waals surface area contributed by atoms with Gasteiger partial charge in [0.2, 0.25) is 6.08 Å². The molecule has 5 heteroatoms. The highest BCUT2D eigenvalue weighted by Crippen LogP contribution is 2.04. The Morgan fingerprint density at radius 2 is 2.27 bits per heavy atom. The SMILES string of the molecule is N=C=O.O=C(O)c1ccsc1. The zero-order valence-corrected chi connectivity index (χ0v) is 6.22. The van der Waals surface area contributed by atoms with E-state index < -0.39 is 5.97 Å². The van der Waals surface area contributed by atoms with Gasteiger partial charge in [-0.2, -0.15) is 11.3 Å². The molecular weight excluding hydrogens is 166 g/mol. The molecule has 1 heterocycles. The number of rotatable bonds is 1. The third-order valence-electron chi connectivity index (χ3n) is 0.768. The highest BCUT2D eigenvalue weighted by Gasteiger charge is 1.98. The monoisotopic (exact) mass is 171 g/mol. The standard InChI is InChI=1S/C5H4O2S.CHNO/c6-5(7)4-1-2-8-3-4;2-1-3/h1-3H,(H,6,7);2H. The molecule has 1 rings (SSSR count). The van der Waals surface area contributed by atoms with Crippen LogP contribution < -0.4 is 0 Å². The van der Waals surface area contributed by atoms with Crippen molar-refractivity contribution in [3.05, 3.63) is 22.4 Å². The number of carboxylic acids is 1. The Bertz CT molecular complexity index is 249. The van der Waals surface area contributed by atoms with Crippen LogP contribution >= 0.6 is 11.3 Å². The Morgan fingerprint density at radius 1 is 1.73 bits per heavy atom. The van der Waals surface area contributed by atoms with Crippen LogP contribution in [-0.4, -0.2) is 17.2 Å². The fraction of sp³-hybridized carbons (Fsp3) is 0. The second kappa shape index (κ2) is 5.34. The van der Waals surface area contributed by atoms with Crippen molar-refractivity contribution in [3.8, 4) is 0 Å². The normalized spacial score (nSPS) is 7.27. The summed E-state index contributed by atoms with van der Waals surface area (Å²) in [5.41, 5.74) is 0.370. The molecule has 0 saturated carbocycles. The molecule has 2 N–H and O–H groups in total. The molecule has 0 saturated heterocycles. The number of isocyanates is 1. The predicted octanol–water partition coefficient (Wildman–Crippen LogP) is 1.35. The van der Waals surface area contributed by atoms with E-state index in [1.54, 1.807) is 16.8 Å². The molecule has 0 bridgehead atoms. The van der Waals surface area contributed by atoms with Crippen LogP contribution in [0, 0.1) is 5.41 Å². The van der Waals surface area contributed by atoms with E-state index in [9.17, 15) is 4.79 Å². The van der Waals surface area contributed by atoms with Crippen molar-refractivity contribution in [2.45, 2.75) is 0 Å². The van der Waals surface area contributed by atoms with E-state index >= 15 is 0 Å². The molecule has 0 atom stereocenters. The smallest absolute Gasteiger partial charge is 0.336 e. The Labute approximate surface area is 66.6 Å². The van der Waals surface area contributed by atoms with Crippen LogP contribution in [0.5, 0.6) is 0 Å². The van der Waals surface area contributed by atoms with Crippen molar-refractivity contribution in [2.75, 3.05) is 0 Å². The first-order valence-corrected chi connectivity index (χ1v) is 3.46. The second-order valence-electron chi connectivity index (χ2n) is 1.42. The maximum Gasteiger partial charge on any atom is 0.336 e. The number of thiophene rings is 1. The van der Waals surface area contributed by atoms with Gasteiger partial charge in [-0.05, 0) is 11.4 Å². The maximum absolute atomic E-state index is 10.1. The summed E-state index contributed by atoms with van der Waals surface area (Å²) < 4.78 is 0. The van der Waals surface area contributed by atoms with Crippen molar-refractivity contribution in [2.24, 2.45) is 0 Å². The van der Waals surface area contributed by atoms with Crippen LogP contribution in [0.1, 0.15) is 10.4 Å². The largest absolute Gasteiger partial charge is 0.478 e. The van der Waals surface area contributed by atoms with Crippen LogP contribution in [0.2, 0.25) is 0 Å². The third kappa shape index (κ3) is 4.02. The van der Waals surface area contributed by atoms with Gasteiger partial charge in [0, 0.05) is 5.38 Å². The summed E-state index contributed by atoms with van der Waals surface area (Å²) in [4.78, 5) is 18.4. The predicted molar refractivity (Wildman–Crippen MR) is 39.7 cm³/mol. The zero-order chi connectivity index (χ0) is 8.69. The summed E-state index contributed by atoms with van der Waals surface area (Å²) in [5.74, 6) is -0.855. The van der Waals surface area contributed by atoms with Gasteiger partial charge in [0.05, 0.1) is 5.56 Å². The average Bonchev–Trinajstić information content (AvgIpc) is 2.38. The first-order chi connectivity index (χ1) is 5.22. The number of carbonyl (C=O) groups excluding carboxylic acids is 1. The van der Waals surface area contributed by atoms with Crippen LogP contribution in [0.4, 0.5) is 0 Å². The van der Waals surface area contributed by atoms with E-state index in [0.29, 0.717) is 5.56 Å². The number of nitrogens with one attached hydrogen (secondary N) is 1. The van der Waals surface area contributed by atoms with Gasteiger partial charge in [0.1, 0.15) is 0 Å². The first kappa shape index (κ1) is 9.55. The van der Waals surface area contributed by atoms with Gasteiger partial charge in [0.15, 0.2) is 0 Å². The third-order valence-corrected chi connectivity index (χ3v) is 1.45. The molecule has 4 nitrogen and oxygen atoms in total. The Hall–Kier alpha value is -1.45. The van der Waals surface area contributed by atoms with Crippen LogP contribution in [0.3, 0.4) is 0 Å². The summed E-state index contributed by atoms with van der Waals surface area (Å²) in [5, 5.41) is 17.0. The fourth-order valence-electron chi connectivity index (χ4n) is 0.386. The quantitative estimate of drug-likeness (QED) is 0.494. The Kier molecular flexibility index (Phi) is 4.64. The summed E-state index contributed by atoms with van der Waals surface area (Å²) in [6.07, 6.45) is 0.750. The number of aromatic carboxylic acids is 1. The number of carboxylic acid groups (broad SMARTS) is 1. The van der Waals surface area contributed by atoms with Gasteiger partial charge in [-0.1, -0.05) is 0 Å². The number of hydrogen-bond donors (Lipinski definition) is 2. The van der Waals surface area contributed by atoms with Gasteiger partial charge in [-0.15, -0.1) is 0 Å². The van der Waals surface area contributed by atoms with Crippen molar-refractivity contribution in [1.82, 2.24) is 0 Å². The van der Waals surface area contributed by atoms with Gasteiger partial charge in [-0.3, -0.25) is 0 Å². The average molecular weight is 171 g/mol. The van der Waals surface area contributed by atoms with Gasteiger partial charge in [-0.25, -0.2) is 15.0 Å². The van der Waals surface area contributed by atoms with E-state index in [1.165, 1.54) is 11.3 Å². The van der Waals surface area contributed by atoms with Crippen LogP contribution in [0.25, 0.3) is 0 Å². The molecule has 0 aliphatic heterocycles. The number of carbonyl (C=O) groups is 1. The molecule has 0 unspecified atom stereocenters. The summed E-state index contributed by atoms with van der Waals surface area (Å²) in [6, 6.07) is 1.58. The molecule has 0 aliphatic carbocycles. The lowest BCUT2D eigenvalue weighted by atomic mass is 10.4. The second-order valence-corrected chi connectivity index (χ2v) is 2.20. The highest BCUT2D eigenvalue weighted by molar-refractivity contribution is 7.08. The molecule has 0 amide bonds. The Balaban J connectivity index is 0.000000292. The van der Waals surface area contributed by atoms with Crippen molar-refractivity contribution in [1.29, 1.82) is 5.41 Å². The van der Waals surface area contributed by atoms with E-state index in [-0.39, 0.29) is 0 Å². The van der Waals surface area contributed by atoms with E-state index in [0.717, 1.165) is 6.08 Å². The topological polar surface area (TPSA) is 78.2 Å². The maximum atomic E-state index is 10.1. The molecule has 58 valence electrons. The minimum absolute atomic E-state index is 0.370. The van der Waals surface area contributed by atoms with E-state index in [4.69, 9.17) is 15.3 Å². The summed E-state index contributed by atoms with van der Waals surface area (Å²) in [7, 11) is 0. The molecule has 1 aromatic heterocycles. The molecule has 0 spiro atoms. The minimum atomic E-state index is -0.855. The van der Waals surface area contributed by atoms with Crippen molar-refractivity contribution < 1.29 is 14.7 Å². The zero-order valence-electron chi connectivity index (χ0n) is 5.40. The molecule has 0 aliphatic rings. The Morgan fingerprint density at radius 3 is 2.45 bits per heavy atom. The van der Waals surface area contributed by atoms with Gasteiger partial charge >= 0.3 is 5.97 Å². The van der Waals surface area contributed by atoms with Crippen molar-refractivity contribution >= 4 is 23.4 Å². The summed E-state index contributed by atoms with van der Waals surface area (Å²) in [6.45, 7) is 0. The van der Waals surface area contributed by atoms with E-state index in [1.807, 2.05) is 0 Å². The highest BCUT2D eigenvalue weighted by atomic mass is 32.1. The van der Waals surface area contributed by atoms with E-state index in [2.05, 4.69) is 0 Å². The lowest BCUT2D eigenvalue weighted by Crippen LogP contribution is -1.90. The first-order valence-electron chi connectivity index (χ1n) is 2.51. The number of hydrogen-bond acceptors (Lipinski definition) is 4. The molecule has 0 aromatic carbocycles. The van der Waals surface area contributed by atoms with Crippen molar-refractivity contribution in [3.63, 3.8) is 0 Å². The fourth-order valence-corrected chi connectivity index (χ4v) is 1.02.